The van der Waals surface area contributed by atoms with Crippen LogP contribution in [0.2, 0.25) is 0 Å². The number of aliphatic carboxylic acids is 1. The Balaban J connectivity index is 2.37. The molecule has 1 aromatic rings. The highest BCUT2D eigenvalue weighted by atomic mass is 16.5. The van der Waals surface area contributed by atoms with E-state index >= 15 is 0 Å². The summed E-state index contributed by atoms with van der Waals surface area (Å²) in [6.07, 6.45) is 1.72. The molecule has 20 heavy (non-hydrogen) atoms. The molecule has 1 aromatic carbocycles. The number of para-hydroxylation sites is 1. The summed E-state index contributed by atoms with van der Waals surface area (Å²) in [5.74, 6) is -0.351. The van der Waals surface area contributed by atoms with Gasteiger partial charge in [0.05, 0.1) is 19.4 Å². The number of benzene rings is 1. The molecule has 5 nitrogen and oxygen atoms in total. The van der Waals surface area contributed by atoms with Gasteiger partial charge in [-0.3, -0.25) is 9.59 Å². The molecule has 0 fully saturated rings. The molecule has 0 aliphatic carbocycles. The van der Waals surface area contributed by atoms with E-state index in [0.717, 1.165) is 0 Å². The SMILES string of the molecule is C=CCN(CCC(=O)O)C(=O)CCOc1ccccc1. The molecule has 1 amide bonds. The van der Waals surface area contributed by atoms with Crippen LogP contribution in [0, 0.1) is 0 Å². The predicted octanol–water partition coefficient (Wildman–Crippen LogP) is 1.94. The molecule has 108 valence electrons. The Morgan fingerprint density at radius 3 is 2.55 bits per heavy atom. The van der Waals surface area contributed by atoms with E-state index in [4.69, 9.17) is 9.84 Å². The molecule has 0 bridgehead atoms. The zero-order valence-corrected chi connectivity index (χ0v) is 11.3. The molecule has 0 aliphatic rings. The number of rotatable bonds is 9. The Morgan fingerprint density at radius 1 is 1.25 bits per heavy atom. The van der Waals surface area contributed by atoms with E-state index in [0.29, 0.717) is 12.3 Å². The number of carboxylic acids is 1. The van der Waals surface area contributed by atoms with Crippen molar-refractivity contribution in [1.29, 1.82) is 0 Å². The van der Waals surface area contributed by atoms with Gasteiger partial charge in [0, 0.05) is 13.1 Å². The van der Waals surface area contributed by atoms with Crippen molar-refractivity contribution in [3.05, 3.63) is 43.0 Å². The van der Waals surface area contributed by atoms with E-state index in [1.165, 1.54) is 4.90 Å². The smallest absolute Gasteiger partial charge is 0.305 e. The Hall–Kier alpha value is -2.30. The molecule has 0 heterocycles. The fourth-order valence-corrected chi connectivity index (χ4v) is 1.64. The number of carbonyl (C=O) groups excluding carboxylic acids is 1. The quantitative estimate of drug-likeness (QED) is 0.700. The number of carbonyl (C=O) groups is 2. The first kappa shape index (κ1) is 15.8. The number of ether oxygens (including phenoxy) is 1. The normalized spacial score (nSPS) is 9.80. The highest BCUT2D eigenvalue weighted by molar-refractivity contribution is 5.77. The zero-order chi connectivity index (χ0) is 14.8. The first-order valence-electron chi connectivity index (χ1n) is 6.42. The van der Waals surface area contributed by atoms with Crippen molar-refractivity contribution >= 4 is 11.9 Å². The summed E-state index contributed by atoms with van der Waals surface area (Å²) in [4.78, 5) is 24.0. The average Bonchev–Trinajstić information content (AvgIpc) is 2.44. The summed E-state index contributed by atoms with van der Waals surface area (Å²) >= 11 is 0. The molecular formula is C15H19NO4. The van der Waals surface area contributed by atoms with Crippen LogP contribution in [-0.2, 0) is 9.59 Å². The monoisotopic (exact) mass is 277 g/mol. The van der Waals surface area contributed by atoms with Crippen LogP contribution in [0.15, 0.2) is 43.0 Å². The molecule has 0 saturated carbocycles. The molecule has 0 saturated heterocycles. The first-order valence-corrected chi connectivity index (χ1v) is 6.42. The van der Waals surface area contributed by atoms with Crippen LogP contribution >= 0.6 is 0 Å². The molecule has 1 N–H and O–H groups in total. The third-order valence-corrected chi connectivity index (χ3v) is 2.63. The van der Waals surface area contributed by atoms with E-state index in [2.05, 4.69) is 6.58 Å². The Morgan fingerprint density at radius 2 is 1.95 bits per heavy atom. The standard InChI is InChI=1S/C15H19NO4/c1-2-10-16(11-8-15(18)19)14(17)9-12-20-13-6-4-3-5-7-13/h2-7H,1,8-12H2,(H,18,19). The van der Waals surface area contributed by atoms with Gasteiger partial charge in [0.1, 0.15) is 5.75 Å². The van der Waals surface area contributed by atoms with Gasteiger partial charge in [-0.2, -0.15) is 0 Å². The van der Waals surface area contributed by atoms with Crippen LogP contribution in [0.1, 0.15) is 12.8 Å². The number of carboxylic acid groups (broad SMARTS) is 1. The van der Waals surface area contributed by atoms with E-state index in [-0.39, 0.29) is 31.9 Å². The van der Waals surface area contributed by atoms with Gasteiger partial charge >= 0.3 is 5.97 Å². The lowest BCUT2D eigenvalue weighted by Crippen LogP contribution is -2.34. The molecule has 5 heteroatoms. The fourth-order valence-electron chi connectivity index (χ4n) is 1.64. The van der Waals surface area contributed by atoms with Crippen molar-refractivity contribution in [3.63, 3.8) is 0 Å². The van der Waals surface area contributed by atoms with Gasteiger partial charge in [0.15, 0.2) is 0 Å². The Labute approximate surface area is 118 Å². The highest BCUT2D eigenvalue weighted by Crippen LogP contribution is 2.09. The molecular weight excluding hydrogens is 258 g/mol. The predicted molar refractivity (Wildman–Crippen MR) is 75.6 cm³/mol. The lowest BCUT2D eigenvalue weighted by molar-refractivity contribution is -0.138. The Kier molecular flexibility index (Phi) is 6.89. The van der Waals surface area contributed by atoms with Crippen molar-refractivity contribution in [3.8, 4) is 5.75 Å². The van der Waals surface area contributed by atoms with E-state index in [9.17, 15) is 9.59 Å². The van der Waals surface area contributed by atoms with Gasteiger partial charge < -0.3 is 14.7 Å². The van der Waals surface area contributed by atoms with E-state index < -0.39 is 5.97 Å². The average molecular weight is 277 g/mol. The third-order valence-electron chi connectivity index (χ3n) is 2.63. The second-order valence-corrected chi connectivity index (χ2v) is 4.18. The van der Waals surface area contributed by atoms with Crippen molar-refractivity contribution < 1.29 is 19.4 Å². The first-order chi connectivity index (χ1) is 9.63. The molecule has 0 aliphatic heterocycles. The summed E-state index contributed by atoms with van der Waals surface area (Å²) in [5, 5.41) is 8.65. The van der Waals surface area contributed by atoms with Gasteiger partial charge in [0.25, 0.3) is 0 Å². The molecule has 0 aromatic heterocycles. The molecule has 1 rings (SSSR count). The summed E-state index contributed by atoms with van der Waals surface area (Å²) in [7, 11) is 0. The van der Waals surface area contributed by atoms with Crippen LogP contribution in [-0.4, -0.2) is 41.6 Å². The number of hydrogen-bond acceptors (Lipinski definition) is 3. The summed E-state index contributed by atoms with van der Waals surface area (Å²) < 4.78 is 5.44. The summed E-state index contributed by atoms with van der Waals surface area (Å²) in [6.45, 7) is 4.36. The zero-order valence-electron chi connectivity index (χ0n) is 11.3. The maximum absolute atomic E-state index is 11.9. The van der Waals surface area contributed by atoms with E-state index in [1.54, 1.807) is 6.08 Å². The lowest BCUT2D eigenvalue weighted by Gasteiger charge is -2.20. The van der Waals surface area contributed by atoms with E-state index in [1.807, 2.05) is 30.3 Å². The fraction of sp³-hybridized carbons (Fsp3) is 0.333. The van der Waals surface area contributed by atoms with Gasteiger partial charge in [-0.05, 0) is 12.1 Å². The van der Waals surface area contributed by atoms with Crippen molar-refractivity contribution in [2.45, 2.75) is 12.8 Å². The van der Waals surface area contributed by atoms with Crippen LogP contribution < -0.4 is 4.74 Å². The molecule has 0 radical (unpaired) electrons. The van der Waals surface area contributed by atoms with Crippen molar-refractivity contribution in [2.24, 2.45) is 0 Å². The maximum Gasteiger partial charge on any atom is 0.305 e. The second-order valence-electron chi connectivity index (χ2n) is 4.18. The lowest BCUT2D eigenvalue weighted by atomic mass is 10.3. The minimum absolute atomic E-state index is 0.0703. The summed E-state index contributed by atoms with van der Waals surface area (Å²) in [5.41, 5.74) is 0. The van der Waals surface area contributed by atoms with Crippen LogP contribution in [0.25, 0.3) is 0 Å². The number of hydrogen-bond donors (Lipinski definition) is 1. The van der Waals surface area contributed by atoms with Crippen LogP contribution in [0.4, 0.5) is 0 Å². The second kappa shape index (κ2) is 8.74. The van der Waals surface area contributed by atoms with Crippen molar-refractivity contribution in [2.75, 3.05) is 19.7 Å². The van der Waals surface area contributed by atoms with Crippen molar-refractivity contribution in [1.82, 2.24) is 4.90 Å². The highest BCUT2D eigenvalue weighted by Gasteiger charge is 2.13. The molecule has 0 spiro atoms. The Bertz CT molecular complexity index is 444. The molecule has 0 atom stereocenters. The topological polar surface area (TPSA) is 66.8 Å². The minimum atomic E-state index is -0.924. The number of nitrogens with zero attached hydrogens (tertiary/aromatic N) is 1. The minimum Gasteiger partial charge on any atom is -0.493 e. The molecule has 0 unspecified atom stereocenters. The third kappa shape index (κ3) is 6.04. The van der Waals surface area contributed by atoms with Crippen LogP contribution in [0.3, 0.4) is 0 Å². The number of amides is 1. The largest absolute Gasteiger partial charge is 0.493 e. The van der Waals surface area contributed by atoms with Gasteiger partial charge in [-0.25, -0.2) is 0 Å². The van der Waals surface area contributed by atoms with Gasteiger partial charge in [-0.15, -0.1) is 6.58 Å². The maximum atomic E-state index is 11.9. The van der Waals surface area contributed by atoms with Crippen LogP contribution in [0.5, 0.6) is 5.75 Å². The van der Waals surface area contributed by atoms with Gasteiger partial charge in [0.2, 0.25) is 5.91 Å². The van der Waals surface area contributed by atoms with Gasteiger partial charge in [-0.1, -0.05) is 24.3 Å². The summed E-state index contributed by atoms with van der Waals surface area (Å²) in [6, 6.07) is 9.23.